The summed E-state index contributed by atoms with van der Waals surface area (Å²) in [5.41, 5.74) is 2.23. The van der Waals surface area contributed by atoms with Gasteiger partial charge in [0.1, 0.15) is 5.75 Å². The van der Waals surface area contributed by atoms with Gasteiger partial charge in [0.15, 0.2) is 6.10 Å². The predicted octanol–water partition coefficient (Wildman–Crippen LogP) is 3.04. The van der Waals surface area contributed by atoms with Crippen molar-refractivity contribution < 1.29 is 14.3 Å². The summed E-state index contributed by atoms with van der Waals surface area (Å²) >= 11 is 0. The molecule has 0 bridgehead atoms. The molecule has 1 heterocycles. The normalized spacial score (nSPS) is 15.6. The van der Waals surface area contributed by atoms with Crippen LogP contribution >= 0.6 is 0 Å². The number of benzene rings is 2. The minimum absolute atomic E-state index is 0.0577. The van der Waals surface area contributed by atoms with Crippen LogP contribution in [0.4, 0.5) is 5.69 Å². The Morgan fingerprint density at radius 1 is 1.03 bits per heavy atom. The number of nitrogens with zero attached hydrogens (tertiary/aromatic N) is 2. The minimum Gasteiger partial charge on any atom is -0.481 e. The van der Waals surface area contributed by atoms with Gasteiger partial charge < -0.3 is 19.9 Å². The molecule has 2 aromatic rings. The van der Waals surface area contributed by atoms with Gasteiger partial charge in [0.25, 0.3) is 11.8 Å². The molecule has 1 atom stereocenters. The van der Waals surface area contributed by atoms with Gasteiger partial charge in [0.05, 0.1) is 11.3 Å². The zero-order valence-corrected chi connectivity index (χ0v) is 17.4. The molecule has 1 N–H and O–H groups in total. The SMILES string of the molecule is CCc1ccc(O[C@H](C)C(=O)Nc2ccccc2C(=O)N2CCN(C)CC2)cc1. The lowest BCUT2D eigenvalue weighted by atomic mass is 10.1. The molecule has 1 aliphatic heterocycles. The summed E-state index contributed by atoms with van der Waals surface area (Å²) < 4.78 is 5.76. The molecular formula is C23H29N3O3. The van der Waals surface area contributed by atoms with Crippen LogP contribution in [0, 0.1) is 0 Å². The highest BCUT2D eigenvalue weighted by Gasteiger charge is 2.24. The average molecular weight is 396 g/mol. The maximum atomic E-state index is 13.0. The highest BCUT2D eigenvalue weighted by atomic mass is 16.5. The Morgan fingerprint density at radius 3 is 2.34 bits per heavy atom. The van der Waals surface area contributed by atoms with E-state index in [9.17, 15) is 9.59 Å². The molecule has 0 radical (unpaired) electrons. The average Bonchev–Trinajstić information content (AvgIpc) is 2.74. The Labute approximate surface area is 172 Å². The molecule has 0 unspecified atom stereocenters. The Bertz CT molecular complexity index is 843. The molecule has 2 amide bonds. The van der Waals surface area contributed by atoms with Crippen molar-refractivity contribution in [1.29, 1.82) is 0 Å². The highest BCUT2D eigenvalue weighted by molar-refractivity contribution is 6.04. The number of likely N-dealkylation sites (N-methyl/N-ethyl adjacent to an activating group) is 1. The van der Waals surface area contributed by atoms with E-state index in [1.54, 1.807) is 19.1 Å². The summed E-state index contributed by atoms with van der Waals surface area (Å²) in [4.78, 5) is 29.7. The molecule has 3 rings (SSSR count). The van der Waals surface area contributed by atoms with E-state index in [-0.39, 0.29) is 11.8 Å². The number of hydrogen-bond acceptors (Lipinski definition) is 4. The molecular weight excluding hydrogens is 366 g/mol. The fourth-order valence-corrected chi connectivity index (χ4v) is 3.25. The van der Waals surface area contributed by atoms with Crippen molar-refractivity contribution in [2.75, 3.05) is 38.5 Å². The number of carbonyl (C=O) groups excluding carboxylic acids is 2. The van der Waals surface area contributed by atoms with Crippen LogP contribution in [-0.4, -0.2) is 60.9 Å². The van der Waals surface area contributed by atoms with Gasteiger partial charge in [-0.1, -0.05) is 31.2 Å². The zero-order chi connectivity index (χ0) is 20.8. The molecule has 0 spiro atoms. The number of carbonyl (C=O) groups is 2. The Hall–Kier alpha value is -2.86. The number of piperazine rings is 1. The second-order valence-corrected chi connectivity index (χ2v) is 7.39. The second kappa shape index (κ2) is 9.56. The van der Waals surface area contributed by atoms with Crippen LogP contribution in [0.2, 0.25) is 0 Å². The van der Waals surface area contributed by atoms with Gasteiger partial charge in [-0.2, -0.15) is 0 Å². The number of amides is 2. The van der Waals surface area contributed by atoms with Crippen molar-refractivity contribution >= 4 is 17.5 Å². The topological polar surface area (TPSA) is 61.9 Å². The van der Waals surface area contributed by atoms with Gasteiger partial charge in [-0.15, -0.1) is 0 Å². The standard InChI is InChI=1S/C23H29N3O3/c1-4-18-9-11-19(12-10-18)29-17(2)22(27)24-21-8-6-5-7-20(21)23(28)26-15-13-25(3)14-16-26/h5-12,17H,4,13-16H2,1-3H3,(H,24,27)/t17-/m1/s1. The lowest BCUT2D eigenvalue weighted by Gasteiger charge is -2.32. The third kappa shape index (κ3) is 5.35. The summed E-state index contributed by atoms with van der Waals surface area (Å²) in [5.74, 6) is 0.299. The molecule has 6 heteroatoms. The number of anilines is 1. The van der Waals surface area contributed by atoms with Gasteiger partial charge in [-0.05, 0) is 50.2 Å². The first kappa shape index (κ1) is 20.9. The van der Waals surface area contributed by atoms with Gasteiger partial charge in [0.2, 0.25) is 0 Å². The second-order valence-electron chi connectivity index (χ2n) is 7.39. The first-order chi connectivity index (χ1) is 14.0. The maximum Gasteiger partial charge on any atom is 0.265 e. The van der Waals surface area contributed by atoms with Crippen LogP contribution in [0.3, 0.4) is 0 Å². The van der Waals surface area contributed by atoms with Gasteiger partial charge in [-0.3, -0.25) is 9.59 Å². The lowest BCUT2D eigenvalue weighted by molar-refractivity contribution is -0.122. The summed E-state index contributed by atoms with van der Waals surface area (Å²) in [6.07, 6.45) is 0.267. The molecule has 2 aromatic carbocycles. The van der Waals surface area contributed by atoms with E-state index >= 15 is 0 Å². The first-order valence-electron chi connectivity index (χ1n) is 10.1. The molecule has 154 valence electrons. The number of nitrogens with one attached hydrogen (secondary N) is 1. The molecule has 1 saturated heterocycles. The van der Waals surface area contributed by atoms with Crippen molar-refractivity contribution in [3.8, 4) is 5.75 Å². The van der Waals surface area contributed by atoms with Crippen molar-refractivity contribution in [2.45, 2.75) is 26.4 Å². The third-order valence-electron chi connectivity index (χ3n) is 5.22. The smallest absolute Gasteiger partial charge is 0.265 e. The fourth-order valence-electron chi connectivity index (χ4n) is 3.25. The van der Waals surface area contributed by atoms with Crippen LogP contribution in [0.1, 0.15) is 29.8 Å². The van der Waals surface area contributed by atoms with E-state index in [2.05, 4.69) is 17.1 Å². The molecule has 1 aliphatic rings. The van der Waals surface area contributed by atoms with E-state index < -0.39 is 6.10 Å². The van der Waals surface area contributed by atoms with Crippen LogP contribution < -0.4 is 10.1 Å². The maximum absolute atomic E-state index is 13.0. The van der Waals surface area contributed by atoms with E-state index in [1.807, 2.05) is 48.3 Å². The van der Waals surface area contributed by atoms with Gasteiger partial charge >= 0.3 is 0 Å². The van der Waals surface area contributed by atoms with Gasteiger partial charge in [0, 0.05) is 26.2 Å². The van der Waals surface area contributed by atoms with Crippen LogP contribution in [-0.2, 0) is 11.2 Å². The summed E-state index contributed by atoms with van der Waals surface area (Å²) in [6.45, 7) is 6.86. The third-order valence-corrected chi connectivity index (χ3v) is 5.22. The molecule has 0 saturated carbocycles. The van der Waals surface area contributed by atoms with Crippen molar-refractivity contribution in [3.63, 3.8) is 0 Å². The van der Waals surface area contributed by atoms with Crippen molar-refractivity contribution in [3.05, 3.63) is 59.7 Å². The summed E-state index contributed by atoms with van der Waals surface area (Å²) in [7, 11) is 2.05. The van der Waals surface area contributed by atoms with Crippen molar-refractivity contribution in [1.82, 2.24) is 9.80 Å². The zero-order valence-electron chi connectivity index (χ0n) is 17.4. The van der Waals surface area contributed by atoms with Crippen molar-refractivity contribution in [2.24, 2.45) is 0 Å². The van der Waals surface area contributed by atoms with Crippen LogP contribution in [0.15, 0.2) is 48.5 Å². The van der Waals surface area contributed by atoms with E-state index in [1.165, 1.54) is 5.56 Å². The number of aryl methyl sites for hydroxylation is 1. The quantitative estimate of drug-likeness (QED) is 0.817. The number of rotatable bonds is 6. The largest absolute Gasteiger partial charge is 0.481 e. The highest BCUT2D eigenvalue weighted by Crippen LogP contribution is 2.20. The Balaban J connectivity index is 1.66. The molecule has 6 nitrogen and oxygen atoms in total. The predicted molar refractivity (Wildman–Crippen MR) is 114 cm³/mol. The summed E-state index contributed by atoms with van der Waals surface area (Å²) in [6, 6.07) is 14.9. The Kier molecular flexibility index (Phi) is 6.88. The first-order valence-corrected chi connectivity index (χ1v) is 10.1. The van der Waals surface area contributed by atoms with Crippen LogP contribution in [0.5, 0.6) is 5.75 Å². The fraction of sp³-hybridized carbons (Fsp3) is 0.391. The molecule has 1 fully saturated rings. The minimum atomic E-state index is -0.686. The van der Waals surface area contributed by atoms with E-state index in [4.69, 9.17) is 4.74 Å². The lowest BCUT2D eigenvalue weighted by Crippen LogP contribution is -2.47. The molecule has 0 aliphatic carbocycles. The van der Waals surface area contributed by atoms with Gasteiger partial charge in [-0.25, -0.2) is 0 Å². The molecule has 0 aromatic heterocycles. The number of ether oxygens (including phenoxy) is 1. The monoisotopic (exact) mass is 395 g/mol. The van der Waals surface area contributed by atoms with Crippen LogP contribution in [0.25, 0.3) is 0 Å². The van der Waals surface area contributed by atoms with E-state index in [0.29, 0.717) is 30.1 Å². The van der Waals surface area contributed by atoms with E-state index in [0.717, 1.165) is 19.5 Å². The molecule has 29 heavy (non-hydrogen) atoms. The Morgan fingerprint density at radius 2 is 1.69 bits per heavy atom. The summed E-state index contributed by atoms with van der Waals surface area (Å²) in [5, 5.41) is 2.86. The number of hydrogen-bond donors (Lipinski definition) is 1. The number of para-hydroxylation sites is 1.